The molecule has 1 aromatic carbocycles. The first-order chi connectivity index (χ1) is 8.24. The highest BCUT2D eigenvalue weighted by atomic mass is 16.5. The zero-order chi connectivity index (χ0) is 11.8. The summed E-state index contributed by atoms with van der Waals surface area (Å²) < 4.78 is 5.53. The van der Waals surface area contributed by atoms with Crippen LogP contribution in [0.5, 0.6) is 5.75 Å². The van der Waals surface area contributed by atoms with E-state index in [1.54, 1.807) is 0 Å². The lowest BCUT2D eigenvalue weighted by Gasteiger charge is -2.23. The van der Waals surface area contributed by atoms with E-state index in [1.165, 1.54) is 11.1 Å². The monoisotopic (exact) mass is 232 g/mol. The Morgan fingerprint density at radius 2 is 2.35 bits per heavy atom. The van der Waals surface area contributed by atoms with E-state index < -0.39 is 0 Å². The third-order valence-corrected chi connectivity index (χ3v) is 4.08. The number of fused-ring (bicyclic) bond motifs is 1. The van der Waals surface area contributed by atoms with Gasteiger partial charge in [0.2, 0.25) is 0 Å². The molecule has 0 aliphatic carbocycles. The summed E-state index contributed by atoms with van der Waals surface area (Å²) in [6.07, 6.45) is 2.17. The second kappa shape index (κ2) is 4.31. The minimum atomic E-state index is 0.341. The van der Waals surface area contributed by atoms with Gasteiger partial charge in [-0.1, -0.05) is 12.1 Å². The van der Waals surface area contributed by atoms with Gasteiger partial charge in [0.15, 0.2) is 0 Å². The third kappa shape index (κ3) is 2.05. The van der Waals surface area contributed by atoms with Gasteiger partial charge in [-0.3, -0.25) is 4.90 Å². The van der Waals surface area contributed by atoms with Crippen molar-refractivity contribution in [1.29, 1.82) is 0 Å². The van der Waals surface area contributed by atoms with E-state index in [4.69, 9.17) is 10.5 Å². The van der Waals surface area contributed by atoms with E-state index >= 15 is 0 Å². The Kier molecular flexibility index (Phi) is 2.81. The predicted octanol–water partition coefficient (Wildman–Crippen LogP) is 1.54. The van der Waals surface area contributed by atoms with Crippen LogP contribution in [0.3, 0.4) is 0 Å². The standard InChI is InChI=1S/C14H20N2O/c1-10-13(15)4-6-16(10)9-11-2-3-14-12(8-11)5-7-17-14/h2-3,8,10,13H,4-7,9,15H2,1H3. The predicted molar refractivity (Wildman–Crippen MR) is 68.1 cm³/mol. The van der Waals surface area contributed by atoms with E-state index in [-0.39, 0.29) is 0 Å². The van der Waals surface area contributed by atoms with Crippen LogP contribution >= 0.6 is 0 Å². The van der Waals surface area contributed by atoms with E-state index in [0.29, 0.717) is 12.1 Å². The molecular weight excluding hydrogens is 212 g/mol. The van der Waals surface area contributed by atoms with E-state index in [2.05, 4.69) is 30.0 Å². The maximum Gasteiger partial charge on any atom is 0.122 e. The molecule has 2 aliphatic heterocycles. The molecule has 0 amide bonds. The first kappa shape index (κ1) is 11.1. The Labute approximate surface area is 103 Å². The Bertz CT molecular complexity index is 419. The Hall–Kier alpha value is -1.06. The molecule has 2 atom stereocenters. The van der Waals surface area contributed by atoms with E-state index in [9.17, 15) is 0 Å². The average molecular weight is 232 g/mol. The van der Waals surface area contributed by atoms with Gasteiger partial charge in [0.1, 0.15) is 5.75 Å². The summed E-state index contributed by atoms with van der Waals surface area (Å²) in [6, 6.07) is 7.42. The lowest BCUT2D eigenvalue weighted by atomic mass is 10.1. The van der Waals surface area contributed by atoms with Gasteiger partial charge in [0, 0.05) is 31.6 Å². The zero-order valence-electron chi connectivity index (χ0n) is 10.4. The summed E-state index contributed by atoms with van der Waals surface area (Å²) in [5.41, 5.74) is 8.80. The van der Waals surface area contributed by atoms with E-state index in [1.807, 2.05) is 0 Å². The number of nitrogens with zero attached hydrogens (tertiary/aromatic N) is 1. The van der Waals surface area contributed by atoms with Gasteiger partial charge in [-0.15, -0.1) is 0 Å². The summed E-state index contributed by atoms with van der Waals surface area (Å²) >= 11 is 0. The fourth-order valence-electron chi connectivity index (χ4n) is 2.83. The molecule has 0 bridgehead atoms. The average Bonchev–Trinajstić information content (AvgIpc) is 2.90. The van der Waals surface area contributed by atoms with Crippen molar-refractivity contribution >= 4 is 0 Å². The molecule has 0 aromatic heterocycles. The summed E-state index contributed by atoms with van der Waals surface area (Å²) in [5.74, 6) is 1.07. The molecular formula is C14H20N2O. The van der Waals surface area contributed by atoms with Crippen molar-refractivity contribution in [3.63, 3.8) is 0 Å². The van der Waals surface area contributed by atoms with Gasteiger partial charge in [-0.2, -0.15) is 0 Å². The fourth-order valence-corrected chi connectivity index (χ4v) is 2.83. The van der Waals surface area contributed by atoms with Crippen molar-refractivity contribution < 1.29 is 4.74 Å². The molecule has 92 valence electrons. The topological polar surface area (TPSA) is 38.5 Å². The maximum atomic E-state index is 6.05. The number of likely N-dealkylation sites (tertiary alicyclic amines) is 1. The van der Waals surface area contributed by atoms with Gasteiger partial charge in [-0.25, -0.2) is 0 Å². The number of hydrogen-bond donors (Lipinski definition) is 1. The quantitative estimate of drug-likeness (QED) is 0.840. The number of benzene rings is 1. The first-order valence-corrected chi connectivity index (χ1v) is 6.48. The van der Waals surface area contributed by atoms with Crippen LogP contribution in [0.4, 0.5) is 0 Å². The molecule has 2 aliphatic rings. The van der Waals surface area contributed by atoms with Gasteiger partial charge < -0.3 is 10.5 Å². The third-order valence-electron chi connectivity index (χ3n) is 4.08. The minimum Gasteiger partial charge on any atom is -0.493 e. The fraction of sp³-hybridized carbons (Fsp3) is 0.571. The van der Waals surface area contributed by atoms with Crippen LogP contribution in [-0.4, -0.2) is 30.1 Å². The van der Waals surface area contributed by atoms with Gasteiger partial charge >= 0.3 is 0 Å². The Morgan fingerprint density at radius 3 is 3.12 bits per heavy atom. The van der Waals surface area contributed by atoms with Crippen molar-refractivity contribution in [3.8, 4) is 5.75 Å². The zero-order valence-corrected chi connectivity index (χ0v) is 10.4. The van der Waals surface area contributed by atoms with Gasteiger partial charge in [0.05, 0.1) is 6.61 Å². The highest BCUT2D eigenvalue weighted by Crippen LogP contribution is 2.27. The van der Waals surface area contributed by atoms with Crippen molar-refractivity contribution in [1.82, 2.24) is 4.90 Å². The summed E-state index contributed by atoms with van der Waals surface area (Å²) in [6.45, 7) is 5.20. The first-order valence-electron chi connectivity index (χ1n) is 6.48. The second-order valence-electron chi connectivity index (χ2n) is 5.20. The molecule has 0 spiro atoms. The van der Waals surface area contributed by atoms with Crippen molar-refractivity contribution in [2.24, 2.45) is 5.73 Å². The lowest BCUT2D eigenvalue weighted by molar-refractivity contribution is 0.251. The van der Waals surface area contributed by atoms with Crippen LogP contribution in [0.1, 0.15) is 24.5 Å². The SMILES string of the molecule is CC1C(N)CCN1Cc1ccc2c(c1)CCO2. The summed E-state index contributed by atoms with van der Waals surface area (Å²) in [5, 5.41) is 0. The molecule has 1 aromatic rings. The van der Waals surface area contributed by atoms with E-state index in [0.717, 1.165) is 38.3 Å². The minimum absolute atomic E-state index is 0.341. The van der Waals surface area contributed by atoms with Crippen LogP contribution < -0.4 is 10.5 Å². The smallest absolute Gasteiger partial charge is 0.122 e. The molecule has 17 heavy (non-hydrogen) atoms. The molecule has 2 N–H and O–H groups in total. The highest BCUT2D eigenvalue weighted by Gasteiger charge is 2.27. The van der Waals surface area contributed by atoms with Gasteiger partial charge in [-0.05, 0) is 30.5 Å². The number of hydrogen-bond acceptors (Lipinski definition) is 3. The lowest BCUT2D eigenvalue weighted by Crippen LogP contribution is -2.36. The normalized spacial score (nSPS) is 28.1. The summed E-state index contributed by atoms with van der Waals surface area (Å²) in [7, 11) is 0. The summed E-state index contributed by atoms with van der Waals surface area (Å²) in [4.78, 5) is 2.47. The molecule has 3 heteroatoms. The molecule has 1 fully saturated rings. The Balaban J connectivity index is 1.73. The number of ether oxygens (including phenoxy) is 1. The maximum absolute atomic E-state index is 6.05. The molecule has 0 radical (unpaired) electrons. The van der Waals surface area contributed by atoms with Crippen LogP contribution in [0.2, 0.25) is 0 Å². The van der Waals surface area contributed by atoms with Crippen LogP contribution in [0, 0.1) is 0 Å². The van der Waals surface area contributed by atoms with Crippen LogP contribution in [0.15, 0.2) is 18.2 Å². The Morgan fingerprint density at radius 1 is 1.47 bits per heavy atom. The van der Waals surface area contributed by atoms with Crippen LogP contribution in [0.25, 0.3) is 0 Å². The molecule has 2 heterocycles. The molecule has 3 rings (SSSR count). The highest BCUT2D eigenvalue weighted by molar-refractivity contribution is 5.39. The molecule has 2 unspecified atom stereocenters. The largest absolute Gasteiger partial charge is 0.493 e. The van der Waals surface area contributed by atoms with Crippen LogP contribution in [-0.2, 0) is 13.0 Å². The molecule has 0 saturated carbocycles. The second-order valence-corrected chi connectivity index (χ2v) is 5.20. The van der Waals surface area contributed by atoms with Crippen molar-refractivity contribution in [2.75, 3.05) is 13.2 Å². The van der Waals surface area contributed by atoms with Crippen molar-refractivity contribution in [3.05, 3.63) is 29.3 Å². The number of rotatable bonds is 2. The van der Waals surface area contributed by atoms with Crippen molar-refractivity contribution in [2.45, 2.75) is 38.4 Å². The number of nitrogens with two attached hydrogens (primary N) is 1. The molecule has 1 saturated heterocycles. The van der Waals surface area contributed by atoms with Gasteiger partial charge in [0.25, 0.3) is 0 Å². The molecule has 3 nitrogen and oxygen atoms in total.